The highest BCUT2D eigenvalue weighted by Crippen LogP contribution is 2.28. The van der Waals surface area contributed by atoms with Crippen LogP contribution >= 0.6 is 0 Å². The van der Waals surface area contributed by atoms with E-state index in [1.165, 1.54) is 6.07 Å². The second-order valence-corrected chi connectivity index (χ2v) is 4.58. The smallest absolute Gasteiger partial charge is 0.238 e. The van der Waals surface area contributed by atoms with Gasteiger partial charge in [-0.15, -0.1) is 0 Å². The van der Waals surface area contributed by atoms with Crippen LogP contribution < -0.4 is 5.32 Å². The predicted molar refractivity (Wildman–Crippen MR) is 68.4 cm³/mol. The van der Waals surface area contributed by atoms with E-state index in [9.17, 15) is 9.18 Å². The van der Waals surface area contributed by atoms with E-state index >= 15 is 0 Å². The number of amides is 1. The lowest BCUT2D eigenvalue weighted by Crippen LogP contribution is -2.39. The molecular formula is C14H19FN2O. The molecule has 1 N–H and O–H groups in total. The molecule has 1 aliphatic rings. The topological polar surface area (TPSA) is 32.3 Å². The van der Waals surface area contributed by atoms with Gasteiger partial charge in [0.1, 0.15) is 12.0 Å². The van der Waals surface area contributed by atoms with Gasteiger partial charge in [0, 0.05) is 11.6 Å². The van der Waals surface area contributed by atoms with Crippen LogP contribution in [0, 0.1) is 5.82 Å². The summed E-state index contributed by atoms with van der Waals surface area (Å²) in [6.07, 6.45) is 1.44. The number of halogens is 1. The molecule has 1 heterocycles. The Bertz CT molecular complexity index is 432. The van der Waals surface area contributed by atoms with E-state index in [1.807, 2.05) is 0 Å². The normalized spacial score (nSPS) is 19.9. The Labute approximate surface area is 107 Å². The number of nitrogens with zero attached hydrogens (tertiary/aromatic N) is 1. The van der Waals surface area contributed by atoms with E-state index in [0.717, 1.165) is 12.8 Å². The van der Waals surface area contributed by atoms with Crippen LogP contribution in [0.5, 0.6) is 0 Å². The van der Waals surface area contributed by atoms with Gasteiger partial charge in [-0.1, -0.05) is 32.0 Å². The van der Waals surface area contributed by atoms with Crippen molar-refractivity contribution in [3.8, 4) is 0 Å². The molecule has 0 radical (unpaired) electrons. The lowest BCUT2D eigenvalue weighted by atomic mass is 10.1. The van der Waals surface area contributed by atoms with Crippen LogP contribution in [0.2, 0.25) is 0 Å². The molecule has 0 aromatic heterocycles. The van der Waals surface area contributed by atoms with Crippen molar-refractivity contribution in [2.24, 2.45) is 0 Å². The van der Waals surface area contributed by atoms with Crippen LogP contribution in [0.1, 0.15) is 38.4 Å². The lowest BCUT2D eigenvalue weighted by Gasteiger charge is -2.32. The summed E-state index contributed by atoms with van der Waals surface area (Å²) in [5.41, 5.74) is 0.551. The number of benzene rings is 1. The molecule has 0 spiro atoms. The van der Waals surface area contributed by atoms with Gasteiger partial charge in [-0.25, -0.2) is 4.39 Å². The summed E-state index contributed by atoms with van der Waals surface area (Å²) in [5.74, 6) is -0.211. The molecule has 98 valence electrons. The molecule has 2 rings (SSSR count). The van der Waals surface area contributed by atoms with Gasteiger partial charge in [0.15, 0.2) is 0 Å². The molecule has 1 aromatic rings. The first-order valence-corrected chi connectivity index (χ1v) is 6.48. The number of rotatable bonds is 4. The molecule has 3 nitrogen and oxygen atoms in total. The summed E-state index contributed by atoms with van der Waals surface area (Å²) in [6.45, 7) is 4.39. The molecule has 1 unspecified atom stereocenters. The van der Waals surface area contributed by atoms with Crippen LogP contribution in [-0.4, -0.2) is 23.4 Å². The van der Waals surface area contributed by atoms with Crippen molar-refractivity contribution in [1.29, 1.82) is 0 Å². The monoisotopic (exact) mass is 250 g/mol. The molecular weight excluding hydrogens is 231 g/mol. The first-order valence-electron chi connectivity index (χ1n) is 6.48. The molecule has 1 atom stereocenters. The lowest BCUT2D eigenvalue weighted by molar-refractivity contribution is -0.130. The van der Waals surface area contributed by atoms with E-state index < -0.39 is 0 Å². The van der Waals surface area contributed by atoms with E-state index in [4.69, 9.17) is 0 Å². The third-order valence-corrected chi connectivity index (χ3v) is 3.55. The van der Waals surface area contributed by atoms with Crippen molar-refractivity contribution in [1.82, 2.24) is 10.2 Å². The van der Waals surface area contributed by atoms with Crippen LogP contribution in [0.25, 0.3) is 0 Å². The minimum Gasteiger partial charge on any atom is -0.319 e. The molecule has 4 heteroatoms. The summed E-state index contributed by atoms with van der Waals surface area (Å²) >= 11 is 0. The molecule has 1 saturated heterocycles. The Morgan fingerprint density at radius 2 is 2.06 bits per heavy atom. The average Bonchev–Trinajstić information content (AvgIpc) is 2.74. The first-order chi connectivity index (χ1) is 8.69. The largest absolute Gasteiger partial charge is 0.319 e. The second-order valence-electron chi connectivity index (χ2n) is 4.58. The molecule has 1 aliphatic heterocycles. The van der Waals surface area contributed by atoms with Crippen molar-refractivity contribution < 1.29 is 9.18 Å². The summed E-state index contributed by atoms with van der Waals surface area (Å²) in [4.78, 5) is 13.8. The number of hydrogen-bond acceptors (Lipinski definition) is 2. The summed E-state index contributed by atoms with van der Waals surface area (Å²) in [6, 6.07) is 6.80. The van der Waals surface area contributed by atoms with Gasteiger partial charge >= 0.3 is 0 Å². The molecule has 0 bridgehead atoms. The zero-order chi connectivity index (χ0) is 13.1. The van der Waals surface area contributed by atoms with Crippen LogP contribution in [0.4, 0.5) is 4.39 Å². The van der Waals surface area contributed by atoms with Gasteiger partial charge < -0.3 is 4.90 Å². The molecule has 18 heavy (non-hydrogen) atoms. The highest BCUT2D eigenvalue weighted by molar-refractivity contribution is 5.81. The Balaban J connectivity index is 2.32. The standard InChI is InChI=1S/C14H19FN2O/c1-3-10(4-2)17-13(18)9-16-14(17)11-7-5-6-8-12(11)15/h5-8,10,14,16H,3-4,9H2,1-2H3. The van der Waals surface area contributed by atoms with Gasteiger partial charge in [0.05, 0.1) is 6.54 Å². The molecule has 1 aromatic carbocycles. The van der Waals surface area contributed by atoms with Gasteiger partial charge in [-0.3, -0.25) is 10.1 Å². The quantitative estimate of drug-likeness (QED) is 0.890. The van der Waals surface area contributed by atoms with E-state index in [-0.39, 0.29) is 30.5 Å². The number of carbonyl (C=O) groups is 1. The van der Waals surface area contributed by atoms with Gasteiger partial charge in [-0.05, 0) is 18.9 Å². The summed E-state index contributed by atoms with van der Waals surface area (Å²) in [7, 11) is 0. The molecule has 0 saturated carbocycles. The van der Waals surface area contributed by atoms with Crippen molar-refractivity contribution in [2.45, 2.75) is 38.9 Å². The van der Waals surface area contributed by atoms with Gasteiger partial charge in [0.25, 0.3) is 0 Å². The zero-order valence-corrected chi connectivity index (χ0v) is 10.8. The fraction of sp³-hybridized carbons (Fsp3) is 0.500. The van der Waals surface area contributed by atoms with Crippen LogP contribution in [0.3, 0.4) is 0 Å². The zero-order valence-electron chi connectivity index (χ0n) is 10.8. The molecule has 1 fully saturated rings. The summed E-state index contributed by atoms with van der Waals surface area (Å²) in [5, 5.41) is 3.10. The summed E-state index contributed by atoms with van der Waals surface area (Å²) < 4.78 is 13.8. The van der Waals surface area contributed by atoms with Gasteiger partial charge in [-0.2, -0.15) is 0 Å². The maximum absolute atomic E-state index is 13.8. The van der Waals surface area contributed by atoms with Crippen molar-refractivity contribution in [3.63, 3.8) is 0 Å². The minimum atomic E-state index is -0.330. The number of nitrogens with one attached hydrogen (secondary N) is 1. The minimum absolute atomic E-state index is 0.0527. The van der Waals surface area contributed by atoms with E-state index in [1.54, 1.807) is 23.1 Å². The van der Waals surface area contributed by atoms with Crippen molar-refractivity contribution >= 4 is 5.91 Å². The van der Waals surface area contributed by atoms with Crippen LogP contribution in [-0.2, 0) is 4.79 Å². The van der Waals surface area contributed by atoms with E-state index in [2.05, 4.69) is 19.2 Å². The molecule has 1 amide bonds. The van der Waals surface area contributed by atoms with Crippen LogP contribution in [0.15, 0.2) is 24.3 Å². The fourth-order valence-corrected chi connectivity index (χ4v) is 2.57. The Kier molecular flexibility index (Phi) is 3.97. The Morgan fingerprint density at radius 1 is 1.39 bits per heavy atom. The fourth-order valence-electron chi connectivity index (χ4n) is 2.57. The predicted octanol–water partition coefficient (Wildman–Crippen LogP) is 2.44. The number of hydrogen-bond donors (Lipinski definition) is 1. The average molecular weight is 250 g/mol. The third kappa shape index (κ3) is 2.25. The highest BCUT2D eigenvalue weighted by atomic mass is 19.1. The van der Waals surface area contributed by atoms with E-state index in [0.29, 0.717) is 5.56 Å². The highest BCUT2D eigenvalue weighted by Gasteiger charge is 2.36. The second kappa shape index (κ2) is 5.48. The van der Waals surface area contributed by atoms with Crippen molar-refractivity contribution in [3.05, 3.63) is 35.6 Å². The van der Waals surface area contributed by atoms with Gasteiger partial charge in [0.2, 0.25) is 5.91 Å². The number of carbonyl (C=O) groups excluding carboxylic acids is 1. The van der Waals surface area contributed by atoms with Crippen molar-refractivity contribution in [2.75, 3.05) is 6.54 Å². The maximum Gasteiger partial charge on any atom is 0.238 e. The third-order valence-electron chi connectivity index (χ3n) is 3.55. The SMILES string of the molecule is CCC(CC)N1C(=O)CNC1c1ccccc1F. The molecule has 0 aliphatic carbocycles. The maximum atomic E-state index is 13.8. The Hall–Kier alpha value is -1.42. The Morgan fingerprint density at radius 3 is 2.67 bits per heavy atom. The first kappa shape index (κ1) is 13.0.